The standard InChI is InChI=1S/C15H11NO4/c1-19-12-3-2-4-13(8-12)20-14-6-5-10(15(17)18)7-11(14)9-16/h2-8H,1H3,(H,17,18). The van der Waals surface area contributed by atoms with Crippen LogP contribution < -0.4 is 9.47 Å². The van der Waals surface area contributed by atoms with Crippen molar-refractivity contribution in [2.24, 2.45) is 0 Å². The van der Waals surface area contributed by atoms with Gasteiger partial charge in [-0.1, -0.05) is 6.07 Å². The summed E-state index contributed by atoms with van der Waals surface area (Å²) in [6.45, 7) is 0. The molecule has 0 heterocycles. The topological polar surface area (TPSA) is 79.6 Å². The fourth-order valence-corrected chi connectivity index (χ4v) is 1.63. The second-order valence-corrected chi connectivity index (χ2v) is 3.91. The number of carboxylic acids is 1. The van der Waals surface area contributed by atoms with Crippen LogP contribution in [0.3, 0.4) is 0 Å². The molecule has 0 atom stereocenters. The number of nitrogens with zero attached hydrogens (tertiary/aromatic N) is 1. The molecular formula is C15H11NO4. The molecular weight excluding hydrogens is 258 g/mol. The molecule has 2 rings (SSSR count). The summed E-state index contributed by atoms with van der Waals surface area (Å²) in [5, 5.41) is 17.9. The molecule has 5 heteroatoms. The van der Waals surface area contributed by atoms with E-state index in [1.165, 1.54) is 18.2 Å². The molecule has 0 aromatic heterocycles. The smallest absolute Gasteiger partial charge is 0.335 e. The Labute approximate surface area is 115 Å². The zero-order valence-corrected chi connectivity index (χ0v) is 10.7. The van der Waals surface area contributed by atoms with Crippen LogP contribution in [0.2, 0.25) is 0 Å². The Morgan fingerprint density at radius 1 is 1.20 bits per heavy atom. The van der Waals surface area contributed by atoms with Crippen LogP contribution in [0, 0.1) is 11.3 Å². The Morgan fingerprint density at radius 2 is 1.95 bits per heavy atom. The molecule has 1 N–H and O–H groups in total. The quantitative estimate of drug-likeness (QED) is 0.922. The van der Waals surface area contributed by atoms with Crippen molar-refractivity contribution in [2.75, 3.05) is 7.11 Å². The van der Waals surface area contributed by atoms with Gasteiger partial charge in [-0.3, -0.25) is 0 Å². The Balaban J connectivity index is 2.33. The SMILES string of the molecule is COc1cccc(Oc2ccc(C(=O)O)cc2C#N)c1. The van der Waals surface area contributed by atoms with Gasteiger partial charge in [0.1, 0.15) is 23.3 Å². The van der Waals surface area contributed by atoms with E-state index in [1.807, 2.05) is 6.07 Å². The number of ether oxygens (including phenoxy) is 2. The number of hydrogen-bond acceptors (Lipinski definition) is 4. The molecule has 0 radical (unpaired) electrons. The summed E-state index contributed by atoms with van der Waals surface area (Å²) in [6, 6.07) is 13.0. The molecule has 0 saturated carbocycles. The maximum absolute atomic E-state index is 10.9. The summed E-state index contributed by atoms with van der Waals surface area (Å²) in [5.74, 6) is 0.340. The van der Waals surface area contributed by atoms with Gasteiger partial charge in [0.25, 0.3) is 0 Å². The molecule has 0 saturated heterocycles. The van der Waals surface area contributed by atoms with E-state index in [4.69, 9.17) is 19.8 Å². The summed E-state index contributed by atoms with van der Waals surface area (Å²) in [7, 11) is 1.54. The number of carboxylic acid groups (broad SMARTS) is 1. The van der Waals surface area contributed by atoms with E-state index in [1.54, 1.807) is 31.4 Å². The molecule has 2 aromatic rings. The molecule has 0 aliphatic heterocycles. The van der Waals surface area contributed by atoms with Gasteiger partial charge >= 0.3 is 5.97 Å². The fourth-order valence-electron chi connectivity index (χ4n) is 1.63. The molecule has 0 bridgehead atoms. The first kappa shape index (κ1) is 13.4. The number of nitriles is 1. The Hall–Kier alpha value is -3.00. The van der Waals surface area contributed by atoms with Gasteiger partial charge in [-0.15, -0.1) is 0 Å². The summed E-state index contributed by atoms with van der Waals surface area (Å²) < 4.78 is 10.7. The van der Waals surface area contributed by atoms with Crippen molar-refractivity contribution in [1.82, 2.24) is 0 Å². The van der Waals surface area contributed by atoms with Gasteiger partial charge in [0.2, 0.25) is 0 Å². The van der Waals surface area contributed by atoms with E-state index >= 15 is 0 Å². The first-order valence-corrected chi connectivity index (χ1v) is 5.73. The van der Waals surface area contributed by atoms with Gasteiger partial charge in [-0.2, -0.15) is 5.26 Å². The number of carbonyl (C=O) groups is 1. The molecule has 0 aliphatic rings. The first-order chi connectivity index (χ1) is 9.63. The van der Waals surface area contributed by atoms with Crippen LogP contribution in [0.15, 0.2) is 42.5 Å². The number of hydrogen-bond donors (Lipinski definition) is 1. The lowest BCUT2D eigenvalue weighted by Crippen LogP contribution is -1.98. The molecule has 0 spiro atoms. The van der Waals surface area contributed by atoms with Crippen molar-refractivity contribution in [3.8, 4) is 23.3 Å². The predicted octanol–water partition coefficient (Wildman–Crippen LogP) is 3.06. The third-order valence-electron chi connectivity index (χ3n) is 2.62. The highest BCUT2D eigenvalue weighted by Gasteiger charge is 2.10. The van der Waals surface area contributed by atoms with Crippen molar-refractivity contribution >= 4 is 5.97 Å². The van der Waals surface area contributed by atoms with E-state index < -0.39 is 5.97 Å². The molecule has 0 unspecified atom stereocenters. The molecule has 20 heavy (non-hydrogen) atoms. The summed E-state index contributed by atoms with van der Waals surface area (Å²) in [6.07, 6.45) is 0. The zero-order chi connectivity index (χ0) is 14.5. The lowest BCUT2D eigenvalue weighted by Gasteiger charge is -2.09. The van der Waals surface area contributed by atoms with Crippen LogP contribution in [0.5, 0.6) is 17.2 Å². The minimum Gasteiger partial charge on any atom is -0.497 e. The number of benzene rings is 2. The first-order valence-electron chi connectivity index (χ1n) is 5.73. The van der Waals surface area contributed by atoms with Crippen LogP contribution in [0.25, 0.3) is 0 Å². The van der Waals surface area contributed by atoms with Crippen molar-refractivity contribution in [1.29, 1.82) is 5.26 Å². The normalized spacial score (nSPS) is 9.60. The van der Waals surface area contributed by atoms with Crippen LogP contribution in [-0.2, 0) is 0 Å². The fraction of sp³-hybridized carbons (Fsp3) is 0.0667. The molecule has 100 valence electrons. The van der Waals surface area contributed by atoms with Crippen LogP contribution in [0.4, 0.5) is 0 Å². The summed E-state index contributed by atoms with van der Waals surface area (Å²) in [5.41, 5.74) is 0.201. The Bertz CT molecular complexity index is 689. The van der Waals surface area contributed by atoms with Crippen LogP contribution >= 0.6 is 0 Å². The van der Waals surface area contributed by atoms with Gasteiger partial charge in [0.15, 0.2) is 0 Å². The van der Waals surface area contributed by atoms with Crippen LogP contribution in [0.1, 0.15) is 15.9 Å². The highest BCUT2D eigenvalue weighted by molar-refractivity contribution is 5.88. The van der Waals surface area contributed by atoms with E-state index in [0.717, 1.165) is 0 Å². The van der Waals surface area contributed by atoms with Gasteiger partial charge in [0, 0.05) is 6.07 Å². The van der Waals surface area contributed by atoms with Crippen molar-refractivity contribution in [2.45, 2.75) is 0 Å². The van der Waals surface area contributed by atoms with Crippen molar-refractivity contribution < 1.29 is 19.4 Å². The average molecular weight is 269 g/mol. The predicted molar refractivity (Wildman–Crippen MR) is 71.2 cm³/mol. The summed E-state index contributed by atoms with van der Waals surface area (Å²) >= 11 is 0. The highest BCUT2D eigenvalue weighted by Crippen LogP contribution is 2.28. The number of methoxy groups -OCH3 is 1. The molecule has 5 nitrogen and oxygen atoms in total. The van der Waals surface area contributed by atoms with Gasteiger partial charge in [-0.05, 0) is 30.3 Å². The maximum atomic E-state index is 10.9. The van der Waals surface area contributed by atoms with Crippen LogP contribution in [-0.4, -0.2) is 18.2 Å². The largest absolute Gasteiger partial charge is 0.497 e. The third kappa shape index (κ3) is 2.87. The monoisotopic (exact) mass is 269 g/mol. The lowest BCUT2D eigenvalue weighted by molar-refractivity contribution is 0.0697. The van der Waals surface area contributed by atoms with E-state index in [9.17, 15) is 4.79 Å². The maximum Gasteiger partial charge on any atom is 0.335 e. The van der Waals surface area contributed by atoms with Gasteiger partial charge in [-0.25, -0.2) is 4.79 Å². The Morgan fingerprint density at radius 3 is 2.60 bits per heavy atom. The van der Waals surface area contributed by atoms with Crippen molar-refractivity contribution in [3.05, 3.63) is 53.6 Å². The van der Waals surface area contributed by atoms with E-state index in [0.29, 0.717) is 17.2 Å². The highest BCUT2D eigenvalue weighted by atomic mass is 16.5. The molecule has 0 fully saturated rings. The minimum absolute atomic E-state index is 0.0412. The van der Waals surface area contributed by atoms with Crippen molar-refractivity contribution in [3.63, 3.8) is 0 Å². The average Bonchev–Trinajstić information content (AvgIpc) is 2.47. The van der Waals surface area contributed by atoms with Gasteiger partial charge in [0.05, 0.1) is 18.2 Å². The number of aromatic carboxylic acids is 1. The third-order valence-corrected chi connectivity index (χ3v) is 2.62. The Kier molecular flexibility index (Phi) is 3.87. The molecule has 2 aromatic carbocycles. The summed E-state index contributed by atoms with van der Waals surface area (Å²) in [4.78, 5) is 10.9. The second-order valence-electron chi connectivity index (χ2n) is 3.91. The molecule has 0 amide bonds. The van der Waals surface area contributed by atoms with E-state index in [2.05, 4.69) is 0 Å². The zero-order valence-electron chi connectivity index (χ0n) is 10.7. The van der Waals surface area contributed by atoms with E-state index in [-0.39, 0.29) is 11.1 Å². The lowest BCUT2D eigenvalue weighted by atomic mass is 10.1. The minimum atomic E-state index is -1.09. The molecule has 0 aliphatic carbocycles. The number of rotatable bonds is 4. The van der Waals surface area contributed by atoms with Gasteiger partial charge < -0.3 is 14.6 Å². The second kappa shape index (κ2) is 5.76.